The van der Waals surface area contributed by atoms with Gasteiger partial charge in [0.15, 0.2) is 12.3 Å². The van der Waals surface area contributed by atoms with Crippen LogP contribution in [0, 0.1) is 0 Å². The van der Waals surface area contributed by atoms with Gasteiger partial charge in [0.2, 0.25) is 5.88 Å². The van der Waals surface area contributed by atoms with Crippen molar-refractivity contribution >= 4 is 23.0 Å². The number of aromatic nitrogens is 4. The molecule has 128 valence electrons. The molecule has 2 N–H and O–H groups in total. The quantitative estimate of drug-likeness (QED) is 0.718. The third-order valence-corrected chi connectivity index (χ3v) is 3.26. The van der Waals surface area contributed by atoms with Crippen molar-refractivity contribution in [1.29, 1.82) is 0 Å². The highest BCUT2D eigenvalue weighted by atomic mass is 16.5. The van der Waals surface area contributed by atoms with Crippen LogP contribution < -0.4 is 15.4 Å². The molecule has 0 saturated carbocycles. The van der Waals surface area contributed by atoms with Crippen LogP contribution in [0.2, 0.25) is 0 Å². The van der Waals surface area contributed by atoms with E-state index < -0.39 is 11.9 Å². The number of carbonyl (C=O) groups is 2. The maximum atomic E-state index is 11.7. The van der Waals surface area contributed by atoms with Gasteiger partial charge in [-0.05, 0) is 19.1 Å². The SMILES string of the molecule is CCNC(=O)NC(=O)COc1ncnc2c1cnn2-c1ccccc1. The second-order valence-electron chi connectivity index (χ2n) is 5.00. The van der Waals surface area contributed by atoms with Crippen molar-refractivity contribution in [1.82, 2.24) is 30.4 Å². The maximum Gasteiger partial charge on any atom is 0.321 e. The van der Waals surface area contributed by atoms with Crippen LogP contribution in [0.4, 0.5) is 4.79 Å². The summed E-state index contributed by atoms with van der Waals surface area (Å²) in [5.74, 6) is -0.355. The molecule has 0 spiro atoms. The molecule has 0 aliphatic carbocycles. The zero-order valence-corrected chi connectivity index (χ0v) is 13.5. The lowest BCUT2D eigenvalue weighted by atomic mass is 10.3. The van der Waals surface area contributed by atoms with Gasteiger partial charge in [0.25, 0.3) is 5.91 Å². The first-order chi connectivity index (χ1) is 12.2. The monoisotopic (exact) mass is 340 g/mol. The van der Waals surface area contributed by atoms with Crippen molar-refractivity contribution in [2.45, 2.75) is 6.92 Å². The molecule has 3 amide bonds. The summed E-state index contributed by atoms with van der Waals surface area (Å²) in [6, 6.07) is 8.93. The molecule has 0 radical (unpaired) electrons. The number of benzene rings is 1. The van der Waals surface area contributed by atoms with Gasteiger partial charge in [-0.1, -0.05) is 18.2 Å². The smallest absolute Gasteiger partial charge is 0.321 e. The third-order valence-electron chi connectivity index (χ3n) is 3.26. The van der Waals surface area contributed by atoms with Gasteiger partial charge in [0.1, 0.15) is 11.7 Å². The van der Waals surface area contributed by atoms with Crippen molar-refractivity contribution in [2.24, 2.45) is 0 Å². The summed E-state index contributed by atoms with van der Waals surface area (Å²) in [4.78, 5) is 31.3. The number of fused-ring (bicyclic) bond motifs is 1. The van der Waals surface area contributed by atoms with Gasteiger partial charge in [0.05, 0.1) is 11.9 Å². The van der Waals surface area contributed by atoms with E-state index in [1.54, 1.807) is 17.8 Å². The fourth-order valence-corrected chi connectivity index (χ4v) is 2.20. The second-order valence-corrected chi connectivity index (χ2v) is 5.00. The predicted octanol–water partition coefficient (Wildman–Crippen LogP) is 1.04. The summed E-state index contributed by atoms with van der Waals surface area (Å²) in [5.41, 5.74) is 1.40. The number of amides is 3. The first-order valence-electron chi connectivity index (χ1n) is 7.63. The zero-order valence-electron chi connectivity index (χ0n) is 13.5. The van der Waals surface area contributed by atoms with E-state index in [2.05, 4.69) is 25.7 Å². The van der Waals surface area contributed by atoms with E-state index in [1.165, 1.54) is 6.33 Å². The molecular formula is C16H16N6O3. The number of ether oxygens (including phenoxy) is 1. The van der Waals surface area contributed by atoms with Gasteiger partial charge in [-0.25, -0.2) is 19.4 Å². The van der Waals surface area contributed by atoms with E-state index in [9.17, 15) is 9.59 Å². The van der Waals surface area contributed by atoms with Crippen molar-refractivity contribution in [3.63, 3.8) is 0 Å². The molecule has 0 bridgehead atoms. The Labute approximate surface area is 143 Å². The number of imide groups is 1. The largest absolute Gasteiger partial charge is 0.467 e. The number of carbonyl (C=O) groups excluding carboxylic acids is 2. The molecule has 25 heavy (non-hydrogen) atoms. The van der Waals surface area contributed by atoms with Crippen LogP contribution in [-0.4, -0.2) is 44.8 Å². The first kappa shape index (κ1) is 16.4. The van der Waals surface area contributed by atoms with Gasteiger partial charge >= 0.3 is 6.03 Å². The van der Waals surface area contributed by atoms with Crippen LogP contribution in [0.5, 0.6) is 5.88 Å². The average Bonchev–Trinajstić information content (AvgIpc) is 3.05. The lowest BCUT2D eigenvalue weighted by molar-refractivity contribution is -0.122. The van der Waals surface area contributed by atoms with Crippen LogP contribution in [0.25, 0.3) is 16.7 Å². The zero-order chi connectivity index (χ0) is 17.6. The molecule has 0 fully saturated rings. The van der Waals surface area contributed by atoms with E-state index in [-0.39, 0.29) is 12.5 Å². The Morgan fingerprint density at radius 2 is 2.00 bits per heavy atom. The Bertz CT molecular complexity index is 893. The summed E-state index contributed by atoms with van der Waals surface area (Å²) < 4.78 is 7.06. The topological polar surface area (TPSA) is 111 Å². The molecule has 0 aliphatic heterocycles. The third kappa shape index (κ3) is 3.71. The highest BCUT2D eigenvalue weighted by Crippen LogP contribution is 2.22. The molecule has 1 aromatic carbocycles. The van der Waals surface area contributed by atoms with Crippen LogP contribution >= 0.6 is 0 Å². The Balaban J connectivity index is 1.76. The molecule has 0 aliphatic rings. The summed E-state index contributed by atoms with van der Waals surface area (Å²) in [7, 11) is 0. The van der Waals surface area contributed by atoms with Crippen molar-refractivity contribution in [3.05, 3.63) is 42.9 Å². The Kier molecular flexibility index (Phi) is 4.84. The van der Waals surface area contributed by atoms with E-state index in [0.717, 1.165) is 5.69 Å². The molecule has 9 nitrogen and oxygen atoms in total. The van der Waals surface area contributed by atoms with Gasteiger partial charge in [-0.2, -0.15) is 5.10 Å². The minimum atomic E-state index is -0.576. The lowest BCUT2D eigenvalue weighted by Gasteiger charge is -2.07. The molecule has 9 heteroatoms. The van der Waals surface area contributed by atoms with Crippen LogP contribution in [0.3, 0.4) is 0 Å². The van der Waals surface area contributed by atoms with Crippen molar-refractivity contribution < 1.29 is 14.3 Å². The Morgan fingerprint density at radius 3 is 2.76 bits per heavy atom. The maximum absolute atomic E-state index is 11.7. The van der Waals surface area contributed by atoms with Crippen LogP contribution in [0.1, 0.15) is 6.92 Å². The molecule has 3 rings (SSSR count). The summed E-state index contributed by atoms with van der Waals surface area (Å²) in [6.45, 7) is 1.83. The first-order valence-corrected chi connectivity index (χ1v) is 7.63. The van der Waals surface area contributed by atoms with E-state index in [4.69, 9.17) is 4.74 Å². The van der Waals surface area contributed by atoms with Gasteiger partial charge in [0, 0.05) is 6.54 Å². The molecule has 0 saturated heterocycles. The molecule has 2 aromatic heterocycles. The van der Waals surface area contributed by atoms with Crippen molar-refractivity contribution in [3.8, 4) is 11.6 Å². The standard InChI is InChI=1S/C16H16N6O3/c1-2-17-16(24)21-13(23)9-25-15-12-8-20-22(14(12)18-10-19-15)11-6-4-3-5-7-11/h3-8,10H,2,9H2,1H3,(H2,17,21,23,24). The summed E-state index contributed by atoms with van der Waals surface area (Å²) in [6.07, 6.45) is 2.90. The fourth-order valence-electron chi connectivity index (χ4n) is 2.20. The van der Waals surface area contributed by atoms with Gasteiger partial charge in [-0.3, -0.25) is 10.1 Å². The fraction of sp³-hybridized carbons (Fsp3) is 0.188. The predicted molar refractivity (Wildman–Crippen MR) is 89.4 cm³/mol. The van der Waals surface area contributed by atoms with Gasteiger partial charge in [-0.15, -0.1) is 0 Å². The number of hydrogen-bond acceptors (Lipinski definition) is 6. The highest BCUT2D eigenvalue weighted by molar-refractivity contribution is 5.95. The molecule has 0 atom stereocenters. The number of hydrogen-bond donors (Lipinski definition) is 2. The summed E-state index contributed by atoms with van der Waals surface area (Å²) >= 11 is 0. The number of nitrogens with one attached hydrogen (secondary N) is 2. The summed E-state index contributed by atoms with van der Waals surface area (Å²) in [5, 5.41) is 9.47. The number of para-hydroxylation sites is 1. The highest BCUT2D eigenvalue weighted by Gasteiger charge is 2.14. The van der Waals surface area contributed by atoms with Crippen molar-refractivity contribution in [2.75, 3.05) is 13.2 Å². The number of rotatable bonds is 5. The molecular weight excluding hydrogens is 324 g/mol. The van der Waals surface area contributed by atoms with Crippen LogP contribution in [-0.2, 0) is 4.79 Å². The van der Waals surface area contributed by atoms with Crippen LogP contribution in [0.15, 0.2) is 42.9 Å². The second kappa shape index (κ2) is 7.39. The minimum absolute atomic E-state index is 0.221. The molecule has 2 heterocycles. The molecule has 0 unspecified atom stereocenters. The Hall–Kier alpha value is -3.49. The van der Waals surface area contributed by atoms with E-state index in [1.807, 2.05) is 30.3 Å². The minimum Gasteiger partial charge on any atom is -0.467 e. The normalized spacial score (nSPS) is 10.4. The number of nitrogens with zero attached hydrogens (tertiary/aromatic N) is 4. The molecule has 3 aromatic rings. The number of urea groups is 1. The average molecular weight is 340 g/mol. The lowest BCUT2D eigenvalue weighted by Crippen LogP contribution is -2.41. The van der Waals surface area contributed by atoms with Gasteiger partial charge < -0.3 is 10.1 Å². The Morgan fingerprint density at radius 1 is 1.20 bits per heavy atom. The van der Waals surface area contributed by atoms with E-state index >= 15 is 0 Å². The van der Waals surface area contributed by atoms with E-state index in [0.29, 0.717) is 17.6 Å².